The van der Waals surface area contributed by atoms with E-state index in [0.717, 1.165) is 6.26 Å². The van der Waals surface area contributed by atoms with Crippen LogP contribution in [0.25, 0.3) is 77.4 Å². The molecule has 6 aromatic carbocycles. The fraction of sp³-hybridized carbons (Fsp3) is 0.292. The highest BCUT2D eigenvalue weighted by atomic mass is 32.2. The molecule has 3 aromatic heterocycles. The highest BCUT2D eigenvalue weighted by Gasteiger charge is 2.35. The lowest BCUT2D eigenvalue weighted by Crippen LogP contribution is -2.56. The molecule has 2 aliphatic rings. The number of piperazine rings is 2. The minimum absolute atomic E-state index is 0.0586. The van der Waals surface area contributed by atoms with E-state index in [1.54, 1.807) is 82.3 Å². The average Bonchev–Trinajstić information content (AvgIpc) is 2.20. The van der Waals surface area contributed by atoms with Crippen LogP contribution in [0, 0.1) is 23.0 Å². The summed E-state index contributed by atoms with van der Waals surface area (Å²) in [5, 5.41) is 20.5. The molecule has 19 nitrogen and oxygen atoms in total. The first-order chi connectivity index (χ1) is 41.6. The molecule has 87 heavy (non-hydrogen) atoms. The minimum atomic E-state index is -3.85. The SMILES string of the molecule is CCN(c1cc2oc3c4ccc(F)cc4[nH]c(=O)c3c2cc1-c1cccc(C(=O)N2CCN(C(=O)OC(C)(C)CCCNc3cc4oc(-c5ccc(F)cc5)c(C(=O)NC)c4cc3-c3cccc(C(=O)N4CCNC(C#N)C4)c3)C[C@@H]2C)c1)S(C)(=O)=O. The topological polar surface area (TPSA) is 244 Å². The summed E-state index contributed by atoms with van der Waals surface area (Å²) in [5.74, 6) is -1.70. The van der Waals surface area contributed by atoms with Gasteiger partial charge in [-0.1, -0.05) is 24.3 Å². The number of amides is 4. The zero-order valence-corrected chi connectivity index (χ0v) is 49.5. The molecular formula is C65H63F2N9O10S. The van der Waals surface area contributed by atoms with Crippen molar-refractivity contribution in [3.63, 3.8) is 0 Å². The Morgan fingerprint density at radius 1 is 0.805 bits per heavy atom. The molecule has 2 atom stereocenters. The lowest BCUT2D eigenvalue weighted by atomic mass is 9.96. The number of aromatic amines is 1. The van der Waals surface area contributed by atoms with E-state index < -0.39 is 56.9 Å². The number of halogens is 2. The zero-order chi connectivity index (χ0) is 61.6. The van der Waals surface area contributed by atoms with Gasteiger partial charge in [-0.05, 0) is 131 Å². The third-order valence-corrected chi connectivity index (χ3v) is 17.3. The summed E-state index contributed by atoms with van der Waals surface area (Å²) in [7, 11) is -2.33. The first-order valence-corrected chi connectivity index (χ1v) is 30.4. The predicted octanol–water partition coefficient (Wildman–Crippen LogP) is 10.5. The summed E-state index contributed by atoms with van der Waals surface area (Å²) in [6.45, 7) is 9.33. The lowest BCUT2D eigenvalue weighted by molar-refractivity contribution is -0.00623. The number of pyridine rings is 1. The molecule has 0 radical (unpaired) electrons. The van der Waals surface area contributed by atoms with Gasteiger partial charge in [-0.15, -0.1) is 0 Å². The number of H-pyrrole nitrogens is 1. The van der Waals surface area contributed by atoms with Gasteiger partial charge in [-0.25, -0.2) is 22.0 Å². The maximum atomic E-state index is 14.5. The number of nitrogens with zero attached hydrogens (tertiary/aromatic N) is 5. The van der Waals surface area contributed by atoms with Gasteiger partial charge in [0.15, 0.2) is 0 Å². The van der Waals surface area contributed by atoms with Crippen LogP contribution in [0.5, 0.6) is 0 Å². The van der Waals surface area contributed by atoms with Gasteiger partial charge in [0.05, 0.1) is 34.5 Å². The Kier molecular flexibility index (Phi) is 16.1. The number of hydrogen-bond donors (Lipinski definition) is 4. The van der Waals surface area contributed by atoms with E-state index in [2.05, 4.69) is 27.0 Å². The van der Waals surface area contributed by atoms with Gasteiger partial charge in [0, 0.05) is 127 Å². The average molecular weight is 1200 g/mol. The van der Waals surface area contributed by atoms with E-state index in [4.69, 9.17) is 13.6 Å². The molecular weight excluding hydrogens is 1140 g/mol. The number of carbonyl (C=O) groups is 4. The van der Waals surface area contributed by atoms with Crippen LogP contribution in [0.1, 0.15) is 71.6 Å². The summed E-state index contributed by atoms with van der Waals surface area (Å²) in [6.07, 6.45) is 1.51. The summed E-state index contributed by atoms with van der Waals surface area (Å²) in [5.41, 5.74) is 4.20. The Bertz CT molecular complexity index is 4460. The van der Waals surface area contributed by atoms with Crippen molar-refractivity contribution in [1.82, 2.24) is 30.3 Å². The molecule has 0 bridgehead atoms. The Hall–Kier alpha value is -9.59. The van der Waals surface area contributed by atoms with Crippen molar-refractivity contribution >= 4 is 89.0 Å². The number of aromatic nitrogens is 1. The molecule has 0 aliphatic carbocycles. The van der Waals surface area contributed by atoms with Crippen LogP contribution in [0.3, 0.4) is 0 Å². The second kappa shape index (κ2) is 23.7. The maximum absolute atomic E-state index is 14.5. The van der Waals surface area contributed by atoms with E-state index in [-0.39, 0.29) is 83.6 Å². The number of sulfonamides is 1. The quantitative estimate of drug-likeness (QED) is 0.0699. The summed E-state index contributed by atoms with van der Waals surface area (Å²) in [6, 6.07) is 31.7. The number of nitrogens with one attached hydrogen (secondary N) is 4. The van der Waals surface area contributed by atoms with Crippen LogP contribution in [-0.4, -0.2) is 135 Å². The molecule has 2 fully saturated rings. The van der Waals surface area contributed by atoms with Gasteiger partial charge in [0.25, 0.3) is 23.3 Å². The van der Waals surface area contributed by atoms with Crippen molar-refractivity contribution < 1.29 is 49.9 Å². The number of furan rings is 2. The number of carbonyl (C=O) groups excluding carboxylic acids is 4. The number of nitriles is 1. The van der Waals surface area contributed by atoms with Gasteiger partial charge in [-0.2, -0.15) is 5.26 Å². The van der Waals surface area contributed by atoms with E-state index >= 15 is 0 Å². The highest BCUT2D eigenvalue weighted by Crippen LogP contribution is 2.43. The first kappa shape index (κ1) is 59.2. The second-order valence-electron chi connectivity index (χ2n) is 22.5. The van der Waals surface area contributed by atoms with E-state index in [0.29, 0.717) is 98.8 Å². The summed E-state index contributed by atoms with van der Waals surface area (Å²) < 4.78 is 74.9. The van der Waals surface area contributed by atoms with E-state index in [9.17, 15) is 46.4 Å². The molecule has 11 rings (SSSR count). The largest absolute Gasteiger partial charge is 0.455 e. The third-order valence-electron chi connectivity index (χ3n) is 16.1. The van der Waals surface area contributed by atoms with Crippen LogP contribution in [-0.2, 0) is 14.8 Å². The van der Waals surface area contributed by atoms with Gasteiger partial charge >= 0.3 is 6.09 Å². The number of fused-ring (bicyclic) bond motifs is 6. The molecule has 2 saturated heterocycles. The third kappa shape index (κ3) is 11.8. The number of anilines is 2. The lowest BCUT2D eigenvalue weighted by Gasteiger charge is -2.40. The Balaban J connectivity index is 0.786. The number of hydrogen-bond acceptors (Lipinski definition) is 13. The number of rotatable bonds is 15. The normalized spacial score (nSPS) is 15.7. The molecule has 4 N–H and O–H groups in total. The van der Waals surface area contributed by atoms with Gasteiger partial charge < -0.3 is 43.9 Å². The van der Waals surface area contributed by atoms with Crippen molar-refractivity contribution in [2.24, 2.45) is 0 Å². The Morgan fingerprint density at radius 2 is 1.49 bits per heavy atom. The van der Waals surface area contributed by atoms with Crippen molar-refractivity contribution in [2.45, 2.75) is 58.2 Å². The van der Waals surface area contributed by atoms with Crippen molar-refractivity contribution in [2.75, 3.05) is 75.3 Å². The monoisotopic (exact) mass is 1200 g/mol. The Labute approximate surface area is 499 Å². The van der Waals surface area contributed by atoms with Crippen LogP contribution < -0.4 is 25.8 Å². The van der Waals surface area contributed by atoms with Crippen molar-refractivity contribution in [1.29, 1.82) is 5.26 Å². The molecule has 9 aromatic rings. The molecule has 22 heteroatoms. The summed E-state index contributed by atoms with van der Waals surface area (Å²) >= 11 is 0. The molecule has 4 amide bonds. The maximum Gasteiger partial charge on any atom is 0.410 e. The van der Waals surface area contributed by atoms with Crippen LogP contribution in [0.2, 0.25) is 0 Å². The zero-order valence-electron chi connectivity index (χ0n) is 48.7. The fourth-order valence-corrected chi connectivity index (χ4v) is 12.8. The molecule has 2 aliphatic heterocycles. The standard InChI is InChI=1S/C65H63F2N9O10S/c1-7-76(87(6,82)83)53-33-55-50(57-59(85-55)46-20-19-44(67)29-52(46)72-61(57)78)31-48(53)40-12-9-14-42(28-40)63(80)75-26-25-74(35-37(75)2)64(81)86-65(3,4)21-10-22-71-51-32-54-49(56(60(77)69-5)58(84-54)38-15-17-43(66)18-16-38)30-47(51)39-11-8-13-41(27-39)62(79)73-24-23-70-45(34-68)36-73/h8-9,11-20,27-33,37,45,70-71H,7,10,21-26,35-36H2,1-6H3,(H,69,77)(H,72,78)/t37-,45?/m0/s1. The van der Waals surface area contributed by atoms with Crippen molar-refractivity contribution in [3.8, 4) is 39.6 Å². The van der Waals surface area contributed by atoms with Crippen LogP contribution in [0.4, 0.5) is 25.0 Å². The molecule has 0 saturated carbocycles. The molecule has 448 valence electrons. The molecule has 0 spiro atoms. The van der Waals surface area contributed by atoms with Crippen molar-refractivity contribution in [3.05, 3.63) is 154 Å². The predicted molar refractivity (Wildman–Crippen MR) is 329 cm³/mol. The smallest absolute Gasteiger partial charge is 0.410 e. The van der Waals surface area contributed by atoms with Gasteiger partial charge in [0.1, 0.15) is 45.8 Å². The first-order valence-electron chi connectivity index (χ1n) is 28.6. The minimum Gasteiger partial charge on any atom is -0.455 e. The second-order valence-corrected chi connectivity index (χ2v) is 24.4. The van der Waals surface area contributed by atoms with Gasteiger partial charge in [-0.3, -0.25) is 28.8 Å². The van der Waals surface area contributed by atoms with Crippen LogP contribution in [0.15, 0.2) is 129 Å². The van der Waals surface area contributed by atoms with E-state index in [1.807, 2.05) is 32.9 Å². The number of benzene rings is 6. The highest BCUT2D eigenvalue weighted by molar-refractivity contribution is 7.92. The fourth-order valence-electron chi connectivity index (χ4n) is 11.8. The van der Waals surface area contributed by atoms with E-state index in [1.165, 1.54) is 53.8 Å². The summed E-state index contributed by atoms with van der Waals surface area (Å²) in [4.78, 5) is 77.1. The Morgan fingerprint density at radius 3 is 2.18 bits per heavy atom. The number of ether oxygens (including phenoxy) is 1. The van der Waals surface area contributed by atoms with Crippen LogP contribution >= 0.6 is 0 Å². The molecule has 1 unspecified atom stereocenters. The molecule has 5 heterocycles. The van der Waals surface area contributed by atoms with Gasteiger partial charge in [0.2, 0.25) is 10.0 Å².